The smallest absolute Gasteiger partial charge is 0.337 e. The van der Waals surface area contributed by atoms with E-state index in [0.29, 0.717) is 22.7 Å². The van der Waals surface area contributed by atoms with E-state index in [1.807, 2.05) is 0 Å². The molecule has 0 saturated heterocycles. The highest BCUT2D eigenvalue weighted by molar-refractivity contribution is 6.05. The van der Waals surface area contributed by atoms with Gasteiger partial charge in [0.1, 0.15) is 5.76 Å². The number of benzene rings is 1. The molecular formula is C13H12N2O4. The number of methoxy groups -OCH3 is 1. The molecule has 1 aromatic carbocycles. The van der Waals surface area contributed by atoms with Gasteiger partial charge in [0, 0.05) is 11.6 Å². The van der Waals surface area contributed by atoms with E-state index in [9.17, 15) is 9.59 Å². The van der Waals surface area contributed by atoms with Gasteiger partial charge in [-0.25, -0.2) is 4.79 Å². The van der Waals surface area contributed by atoms with Gasteiger partial charge in [0.25, 0.3) is 5.91 Å². The Bertz CT molecular complexity index is 619. The first-order valence-corrected chi connectivity index (χ1v) is 5.53. The van der Waals surface area contributed by atoms with Gasteiger partial charge in [-0.15, -0.1) is 0 Å². The second-order valence-electron chi connectivity index (χ2n) is 3.85. The second-order valence-corrected chi connectivity index (χ2v) is 3.85. The Labute approximate surface area is 109 Å². The zero-order valence-electron chi connectivity index (χ0n) is 10.5. The molecule has 6 nitrogen and oxygen atoms in total. The minimum Gasteiger partial charge on any atom is -0.465 e. The van der Waals surface area contributed by atoms with Gasteiger partial charge in [-0.3, -0.25) is 4.79 Å². The van der Waals surface area contributed by atoms with E-state index in [4.69, 9.17) is 4.52 Å². The van der Waals surface area contributed by atoms with Crippen LogP contribution in [0, 0.1) is 6.92 Å². The molecule has 1 N–H and O–H groups in total. The van der Waals surface area contributed by atoms with Crippen LogP contribution in [0.2, 0.25) is 0 Å². The van der Waals surface area contributed by atoms with Crippen LogP contribution in [0.4, 0.5) is 5.82 Å². The zero-order chi connectivity index (χ0) is 13.8. The SMILES string of the molecule is COC(=O)c1cccc(C(=O)Nc2cc(C)on2)c1. The van der Waals surface area contributed by atoms with E-state index < -0.39 is 5.97 Å². The highest BCUT2D eigenvalue weighted by Gasteiger charge is 2.12. The molecular weight excluding hydrogens is 248 g/mol. The average Bonchev–Trinajstić information content (AvgIpc) is 2.83. The zero-order valence-corrected chi connectivity index (χ0v) is 10.5. The molecule has 0 aliphatic carbocycles. The number of hydrogen-bond donors (Lipinski definition) is 1. The lowest BCUT2D eigenvalue weighted by atomic mass is 10.1. The maximum atomic E-state index is 11.9. The molecule has 0 fully saturated rings. The molecule has 0 bridgehead atoms. The molecule has 0 aliphatic heterocycles. The molecule has 6 heteroatoms. The number of aromatic nitrogens is 1. The van der Waals surface area contributed by atoms with Crippen LogP contribution >= 0.6 is 0 Å². The van der Waals surface area contributed by atoms with Crippen LogP contribution in [-0.2, 0) is 4.74 Å². The average molecular weight is 260 g/mol. The summed E-state index contributed by atoms with van der Waals surface area (Å²) in [5.74, 6) is 0.0515. The molecule has 0 unspecified atom stereocenters. The van der Waals surface area contributed by atoms with Crippen LogP contribution in [0.1, 0.15) is 26.5 Å². The molecule has 0 saturated carbocycles. The van der Waals surface area contributed by atoms with Crippen LogP contribution in [0.25, 0.3) is 0 Å². The number of ether oxygens (including phenoxy) is 1. The lowest BCUT2D eigenvalue weighted by molar-refractivity contribution is 0.0600. The number of aryl methyl sites for hydroxylation is 1. The van der Waals surface area contributed by atoms with E-state index in [1.165, 1.54) is 13.2 Å². The van der Waals surface area contributed by atoms with Crippen molar-refractivity contribution in [3.63, 3.8) is 0 Å². The molecule has 1 heterocycles. The number of carbonyl (C=O) groups excluding carboxylic acids is 2. The predicted molar refractivity (Wildman–Crippen MR) is 67.0 cm³/mol. The van der Waals surface area contributed by atoms with Crippen molar-refractivity contribution in [2.75, 3.05) is 12.4 Å². The van der Waals surface area contributed by atoms with Gasteiger partial charge >= 0.3 is 5.97 Å². The summed E-state index contributed by atoms with van der Waals surface area (Å²) in [4.78, 5) is 23.3. The first-order valence-electron chi connectivity index (χ1n) is 5.53. The summed E-state index contributed by atoms with van der Waals surface area (Å²) < 4.78 is 9.44. The normalized spacial score (nSPS) is 10.0. The fraction of sp³-hybridized carbons (Fsp3) is 0.154. The van der Waals surface area contributed by atoms with Crippen LogP contribution in [0.5, 0.6) is 0 Å². The number of rotatable bonds is 3. The van der Waals surface area contributed by atoms with E-state index in [2.05, 4.69) is 15.2 Å². The van der Waals surface area contributed by atoms with Gasteiger partial charge in [-0.1, -0.05) is 11.2 Å². The number of anilines is 1. The first kappa shape index (κ1) is 12.8. The topological polar surface area (TPSA) is 81.4 Å². The number of hydrogen-bond acceptors (Lipinski definition) is 5. The van der Waals surface area contributed by atoms with Gasteiger partial charge in [0.15, 0.2) is 5.82 Å². The van der Waals surface area contributed by atoms with Gasteiger partial charge in [-0.2, -0.15) is 0 Å². The van der Waals surface area contributed by atoms with Crippen molar-refractivity contribution in [2.45, 2.75) is 6.92 Å². The third-order valence-corrected chi connectivity index (χ3v) is 2.42. The van der Waals surface area contributed by atoms with Crippen molar-refractivity contribution in [3.8, 4) is 0 Å². The Kier molecular flexibility index (Phi) is 3.61. The minimum atomic E-state index is -0.494. The Morgan fingerprint density at radius 2 is 2.00 bits per heavy atom. The number of carbonyl (C=O) groups is 2. The Morgan fingerprint density at radius 1 is 1.26 bits per heavy atom. The maximum absolute atomic E-state index is 11.9. The largest absolute Gasteiger partial charge is 0.465 e. The standard InChI is InChI=1S/C13H12N2O4/c1-8-6-11(15-19-8)14-12(16)9-4-3-5-10(7-9)13(17)18-2/h3-7H,1-2H3,(H,14,15,16). The van der Waals surface area contributed by atoms with Crippen molar-refractivity contribution >= 4 is 17.7 Å². The Balaban J connectivity index is 2.17. The fourth-order valence-corrected chi connectivity index (χ4v) is 1.52. The van der Waals surface area contributed by atoms with E-state index in [0.717, 1.165) is 0 Å². The molecule has 0 spiro atoms. The summed E-state index contributed by atoms with van der Waals surface area (Å²) >= 11 is 0. The summed E-state index contributed by atoms with van der Waals surface area (Å²) in [6.07, 6.45) is 0. The van der Waals surface area contributed by atoms with Crippen LogP contribution in [0.3, 0.4) is 0 Å². The highest BCUT2D eigenvalue weighted by Crippen LogP contribution is 2.11. The highest BCUT2D eigenvalue weighted by atomic mass is 16.5. The molecule has 0 atom stereocenters. The van der Waals surface area contributed by atoms with Crippen LogP contribution in [-0.4, -0.2) is 24.1 Å². The molecule has 98 valence electrons. The Hall–Kier alpha value is -2.63. The third kappa shape index (κ3) is 2.98. The summed E-state index contributed by atoms with van der Waals surface area (Å²) in [6.45, 7) is 1.72. The van der Waals surface area contributed by atoms with Crippen LogP contribution < -0.4 is 5.32 Å². The molecule has 0 aliphatic rings. The fourth-order valence-electron chi connectivity index (χ4n) is 1.52. The van der Waals surface area contributed by atoms with Gasteiger partial charge in [0.05, 0.1) is 12.7 Å². The van der Waals surface area contributed by atoms with Crippen molar-refractivity contribution in [1.29, 1.82) is 0 Å². The molecule has 1 amide bonds. The minimum absolute atomic E-state index is 0.312. The summed E-state index contributed by atoms with van der Waals surface area (Å²) in [7, 11) is 1.28. The Morgan fingerprint density at radius 3 is 2.63 bits per heavy atom. The molecule has 19 heavy (non-hydrogen) atoms. The monoisotopic (exact) mass is 260 g/mol. The lowest BCUT2D eigenvalue weighted by Gasteiger charge is -2.03. The number of amides is 1. The predicted octanol–water partition coefficient (Wildman–Crippen LogP) is 2.02. The number of esters is 1. The third-order valence-electron chi connectivity index (χ3n) is 2.42. The van der Waals surface area contributed by atoms with E-state index in [-0.39, 0.29) is 5.91 Å². The molecule has 0 radical (unpaired) electrons. The lowest BCUT2D eigenvalue weighted by Crippen LogP contribution is -2.13. The van der Waals surface area contributed by atoms with Crippen molar-refractivity contribution < 1.29 is 18.8 Å². The van der Waals surface area contributed by atoms with Gasteiger partial charge in [0.2, 0.25) is 0 Å². The molecule has 1 aromatic heterocycles. The molecule has 2 rings (SSSR count). The van der Waals surface area contributed by atoms with Crippen molar-refractivity contribution in [1.82, 2.24) is 5.16 Å². The van der Waals surface area contributed by atoms with E-state index >= 15 is 0 Å². The second kappa shape index (κ2) is 5.34. The summed E-state index contributed by atoms with van der Waals surface area (Å²) in [5.41, 5.74) is 0.648. The number of nitrogens with zero attached hydrogens (tertiary/aromatic N) is 1. The van der Waals surface area contributed by atoms with Crippen LogP contribution in [0.15, 0.2) is 34.9 Å². The maximum Gasteiger partial charge on any atom is 0.337 e. The number of nitrogens with one attached hydrogen (secondary N) is 1. The molecule has 2 aromatic rings. The quantitative estimate of drug-likeness (QED) is 0.854. The summed E-state index contributed by atoms with van der Waals surface area (Å²) in [5, 5.41) is 6.22. The van der Waals surface area contributed by atoms with Gasteiger partial charge < -0.3 is 14.6 Å². The van der Waals surface area contributed by atoms with Crippen molar-refractivity contribution in [3.05, 3.63) is 47.2 Å². The summed E-state index contributed by atoms with van der Waals surface area (Å²) in [6, 6.07) is 7.82. The van der Waals surface area contributed by atoms with Crippen molar-refractivity contribution in [2.24, 2.45) is 0 Å². The van der Waals surface area contributed by atoms with E-state index in [1.54, 1.807) is 31.2 Å². The first-order chi connectivity index (χ1) is 9.10. The van der Waals surface area contributed by atoms with Gasteiger partial charge in [-0.05, 0) is 25.1 Å².